The summed E-state index contributed by atoms with van der Waals surface area (Å²) in [5.41, 5.74) is 3.72. The Morgan fingerprint density at radius 3 is 2.59 bits per heavy atom. The fourth-order valence-corrected chi connectivity index (χ4v) is 3.04. The fraction of sp³-hybridized carbons (Fsp3) is 0.333. The highest BCUT2D eigenvalue weighted by atomic mass is 16.3. The van der Waals surface area contributed by atoms with Crippen LogP contribution in [0.5, 0.6) is 0 Å². The van der Waals surface area contributed by atoms with E-state index in [9.17, 15) is 9.90 Å². The van der Waals surface area contributed by atoms with E-state index in [0.717, 1.165) is 46.1 Å². The lowest BCUT2D eigenvalue weighted by molar-refractivity contribution is -0.117. The molecule has 1 unspecified atom stereocenters. The van der Waals surface area contributed by atoms with Gasteiger partial charge in [-0.05, 0) is 43.5 Å². The Morgan fingerprint density at radius 1 is 1.15 bits per heavy atom. The topological polar surface area (TPSA) is 88.0 Å². The molecule has 0 aromatic carbocycles. The maximum Gasteiger partial charge on any atom is 0.228 e. The summed E-state index contributed by atoms with van der Waals surface area (Å²) in [5, 5.41) is 14.1. The lowest BCUT2D eigenvalue weighted by Gasteiger charge is -2.12. The molecule has 1 amide bonds. The van der Waals surface area contributed by atoms with Crippen LogP contribution in [-0.4, -0.2) is 32.6 Å². The zero-order chi connectivity index (χ0) is 19.0. The Balaban J connectivity index is 1.62. The summed E-state index contributed by atoms with van der Waals surface area (Å²) in [4.78, 5) is 25.3. The molecule has 1 saturated carbocycles. The minimum absolute atomic E-state index is 0.00998. The highest BCUT2D eigenvalue weighted by molar-refractivity contribution is 5.95. The molecule has 4 rings (SSSR count). The molecule has 138 valence electrons. The summed E-state index contributed by atoms with van der Waals surface area (Å²) in [6.45, 7) is 4.04. The van der Waals surface area contributed by atoms with Gasteiger partial charge in [-0.3, -0.25) is 14.8 Å². The van der Waals surface area contributed by atoms with Gasteiger partial charge >= 0.3 is 0 Å². The number of pyridine rings is 3. The molecule has 1 atom stereocenters. The summed E-state index contributed by atoms with van der Waals surface area (Å²) < 4.78 is 0. The maximum atomic E-state index is 11.9. The van der Waals surface area contributed by atoms with Gasteiger partial charge in [-0.25, -0.2) is 4.98 Å². The van der Waals surface area contributed by atoms with Gasteiger partial charge in [0, 0.05) is 52.5 Å². The maximum absolute atomic E-state index is 11.9. The van der Waals surface area contributed by atoms with Crippen LogP contribution in [0.4, 0.5) is 5.82 Å². The first-order valence-corrected chi connectivity index (χ1v) is 9.19. The number of nitrogens with one attached hydrogen (secondary N) is 1. The van der Waals surface area contributed by atoms with Gasteiger partial charge < -0.3 is 10.4 Å². The summed E-state index contributed by atoms with van der Waals surface area (Å²) in [6, 6.07) is 5.83. The fourth-order valence-electron chi connectivity index (χ4n) is 3.04. The van der Waals surface area contributed by atoms with Crippen molar-refractivity contribution in [2.75, 3.05) is 11.9 Å². The van der Waals surface area contributed by atoms with E-state index in [4.69, 9.17) is 0 Å². The van der Waals surface area contributed by atoms with Crippen molar-refractivity contribution >= 4 is 22.5 Å². The molecule has 1 fully saturated rings. The Bertz CT molecular complexity index is 1010. The number of aryl methyl sites for hydroxylation is 1. The van der Waals surface area contributed by atoms with Gasteiger partial charge in [0.1, 0.15) is 5.82 Å². The van der Waals surface area contributed by atoms with E-state index >= 15 is 0 Å². The number of fused-ring (bicyclic) bond motifs is 1. The number of aliphatic hydroxyl groups excluding tert-OH is 1. The second kappa shape index (κ2) is 7.04. The molecule has 0 radical (unpaired) electrons. The highest BCUT2D eigenvalue weighted by Crippen LogP contribution is 2.30. The molecule has 3 aromatic rings. The van der Waals surface area contributed by atoms with Crippen molar-refractivity contribution in [1.82, 2.24) is 15.0 Å². The summed E-state index contributed by atoms with van der Waals surface area (Å²) in [5.74, 6) is 0.769. The van der Waals surface area contributed by atoms with Gasteiger partial charge in [-0.15, -0.1) is 0 Å². The quantitative estimate of drug-likeness (QED) is 0.726. The van der Waals surface area contributed by atoms with Crippen LogP contribution < -0.4 is 5.32 Å². The minimum atomic E-state index is 0.00998. The molecule has 0 spiro atoms. The van der Waals surface area contributed by atoms with Gasteiger partial charge in [0.2, 0.25) is 5.91 Å². The van der Waals surface area contributed by atoms with Crippen LogP contribution >= 0.6 is 0 Å². The average Bonchev–Trinajstić information content (AvgIpc) is 3.52. The number of nitrogens with zero attached hydrogens (tertiary/aromatic N) is 3. The van der Waals surface area contributed by atoms with Gasteiger partial charge in [0.05, 0.1) is 12.3 Å². The van der Waals surface area contributed by atoms with E-state index < -0.39 is 0 Å². The molecular weight excluding hydrogens is 340 g/mol. The smallest absolute Gasteiger partial charge is 0.228 e. The number of aliphatic hydroxyl groups is 1. The van der Waals surface area contributed by atoms with E-state index in [-0.39, 0.29) is 24.3 Å². The number of aromatic nitrogens is 3. The normalized spacial score (nSPS) is 14.9. The lowest BCUT2D eigenvalue weighted by Crippen LogP contribution is -2.14. The van der Waals surface area contributed by atoms with Crippen LogP contribution in [0.25, 0.3) is 22.0 Å². The van der Waals surface area contributed by atoms with Crippen LogP contribution in [0.1, 0.15) is 36.9 Å². The van der Waals surface area contributed by atoms with Crippen LogP contribution in [0.2, 0.25) is 0 Å². The minimum Gasteiger partial charge on any atom is -0.396 e. The molecule has 0 bridgehead atoms. The molecule has 27 heavy (non-hydrogen) atoms. The molecule has 0 aliphatic heterocycles. The predicted molar refractivity (Wildman–Crippen MR) is 104 cm³/mol. The largest absolute Gasteiger partial charge is 0.396 e. The number of rotatable bonds is 5. The first kappa shape index (κ1) is 17.5. The lowest BCUT2D eigenvalue weighted by atomic mass is 10.0. The molecular formula is C21H22N4O2. The van der Waals surface area contributed by atoms with Crippen molar-refractivity contribution in [2.24, 2.45) is 5.92 Å². The molecule has 6 heteroatoms. The highest BCUT2D eigenvalue weighted by Gasteiger charge is 2.29. The molecule has 0 saturated heterocycles. The molecule has 1 aliphatic rings. The number of hydrogen-bond acceptors (Lipinski definition) is 5. The Morgan fingerprint density at radius 2 is 1.89 bits per heavy atom. The molecule has 3 aromatic heterocycles. The molecule has 3 heterocycles. The second-order valence-corrected chi connectivity index (χ2v) is 7.26. The van der Waals surface area contributed by atoms with Gasteiger partial charge in [-0.1, -0.05) is 6.92 Å². The summed E-state index contributed by atoms with van der Waals surface area (Å²) >= 11 is 0. The van der Waals surface area contributed by atoms with Crippen molar-refractivity contribution < 1.29 is 9.90 Å². The summed E-state index contributed by atoms with van der Waals surface area (Å²) in [7, 11) is 0. The second-order valence-electron chi connectivity index (χ2n) is 7.26. The van der Waals surface area contributed by atoms with Crippen molar-refractivity contribution in [2.45, 2.75) is 32.6 Å². The number of hydrogen-bond donors (Lipinski definition) is 2. The van der Waals surface area contributed by atoms with Crippen molar-refractivity contribution in [3.8, 4) is 11.3 Å². The first-order chi connectivity index (χ1) is 13.0. The average molecular weight is 362 g/mol. The Labute approximate surface area is 157 Å². The molecule has 2 N–H and O–H groups in total. The SMILES string of the molecule is Cc1cc(C(C)CO)ncc1-c1cc2cnc(NC(=O)C3CC3)cc2cn1. The van der Waals surface area contributed by atoms with E-state index in [2.05, 4.69) is 20.3 Å². The van der Waals surface area contributed by atoms with Gasteiger partial charge in [0.15, 0.2) is 0 Å². The van der Waals surface area contributed by atoms with Crippen molar-refractivity contribution in [1.29, 1.82) is 0 Å². The van der Waals surface area contributed by atoms with Crippen LogP contribution in [0, 0.1) is 12.8 Å². The zero-order valence-electron chi connectivity index (χ0n) is 15.4. The third-order valence-corrected chi connectivity index (χ3v) is 4.99. The van der Waals surface area contributed by atoms with Crippen molar-refractivity contribution in [3.63, 3.8) is 0 Å². The third kappa shape index (κ3) is 3.66. The van der Waals surface area contributed by atoms with E-state index in [0.29, 0.717) is 5.82 Å². The van der Waals surface area contributed by atoms with E-state index in [1.807, 2.05) is 38.2 Å². The van der Waals surface area contributed by atoms with Crippen LogP contribution in [0.15, 0.2) is 36.8 Å². The Hall–Kier alpha value is -2.86. The molecule has 1 aliphatic carbocycles. The summed E-state index contributed by atoms with van der Waals surface area (Å²) in [6.07, 6.45) is 7.29. The Kier molecular flexibility index (Phi) is 4.58. The number of carbonyl (C=O) groups excluding carboxylic acids is 1. The number of carbonyl (C=O) groups is 1. The number of anilines is 1. The first-order valence-electron chi connectivity index (χ1n) is 9.19. The van der Waals surface area contributed by atoms with E-state index in [1.54, 1.807) is 12.4 Å². The molecule has 6 nitrogen and oxygen atoms in total. The van der Waals surface area contributed by atoms with Gasteiger partial charge in [0.25, 0.3) is 0 Å². The monoisotopic (exact) mass is 362 g/mol. The van der Waals surface area contributed by atoms with Gasteiger partial charge in [-0.2, -0.15) is 0 Å². The van der Waals surface area contributed by atoms with Crippen molar-refractivity contribution in [3.05, 3.63) is 48.0 Å². The predicted octanol–water partition coefficient (Wildman–Crippen LogP) is 3.44. The zero-order valence-corrected chi connectivity index (χ0v) is 15.4. The van der Waals surface area contributed by atoms with Crippen LogP contribution in [0.3, 0.4) is 0 Å². The van der Waals surface area contributed by atoms with Crippen LogP contribution in [-0.2, 0) is 4.79 Å². The van der Waals surface area contributed by atoms with E-state index in [1.165, 1.54) is 0 Å². The number of amides is 1. The third-order valence-electron chi connectivity index (χ3n) is 4.99. The standard InChI is InChI=1S/C21H22N4O2/c1-12-5-18(13(2)11-26)23-10-17(12)19-6-15-9-24-20(7-16(15)8-22-19)25-21(27)14-3-4-14/h5-10,13-14,26H,3-4,11H2,1-2H3,(H,24,25,27).